The molecule has 136 valence electrons. The lowest BCUT2D eigenvalue weighted by Gasteiger charge is -2.36. The summed E-state index contributed by atoms with van der Waals surface area (Å²) in [6.45, 7) is 7.06. The number of nitrogens with zero attached hydrogens (tertiary/aromatic N) is 2. The first kappa shape index (κ1) is 18.0. The lowest BCUT2D eigenvalue weighted by Crippen LogP contribution is -2.51. The van der Waals surface area contributed by atoms with Gasteiger partial charge in [-0.15, -0.1) is 0 Å². The van der Waals surface area contributed by atoms with Crippen LogP contribution in [0.15, 0.2) is 48.5 Å². The van der Waals surface area contributed by atoms with E-state index >= 15 is 0 Å². The Morgan fingerprint density at radius 3 is 2.27 bits per heavy atom. The van der Waals surface area contributed by atoms with Gasteiger partial charge >= 0.3 is 0 Å². The molecule has 0 aromatic heterocycles. The topological polar surface area (TPSA) is 52.7 Å². The highest BCUT2D eigenvalue weighted by Crippen LogP contribution is 2.17. The number of carbonyl (C=O) groups excluding carboxylic acids is 2. The van der Waals surface area contributed by atoms with E-state index in [4.69, 9.17) is 0 Å². The molecule has 0 unspecified atom stereocenters. The first-order valence-corrected chi connectivity index (χ1v) is 8.97. The molecule has 1 N–H and O–H groups in total. The summed E-state index contributed by atoms with van der Waals surface area (Å²) in [5.74, 6) is -0.244. The summed E-state index contributed by atoms with van der Waals surface area (Å²) in [5, 5.41) is 2.72. The van der Waals surface area contributed by atoms with E-state index < -0.39 is 0 Å². The minimum atomic E-state index is -0.211. The van der Waals surface area contributed by atoms with Crippen molar-refractivity contribution in [2.75, 3.05) is 37.6 Å². The van der Waals surface area contributed by atoms with Gasteiger partial charge in [0.15, 0.2) is 0 Å². The Labute approximate surface area is 154 Å². The first-order chi connectivity index (χ1) is 12.5. The molecule has 5 nitrogen and oxygen atoms in total. The molecule has 1 aliphatic rings. The third kappa shape index (κ3) is 4.42. The number of piperazine rings is 1. The van der Waals surface area contributed by atoms with Crippen LogP contribution in [0.5, 0.6) is 0 Å². The molecule has 2 amide bonds. The number of carbonyl (C=O) groups is 2. The summed E-state index contributed by atoms with van der Waals surface area (Å²) in [6.07, 6.45) is 0. The van der Waals surface area contributed by atoms with E-state index in [2.05, 4.69) is 41.4 Å². The minimum Gasteiger partial charge on any atom is -0.368 e. The Balaban J connectivity index is 1.47. The maximum Gasteiger partial charge on any atom is 0.251 e. The van der Waals surface area contributed by atoms with Gasteiger partial charge in [0.1, 0.15) is 0 Å². The van der Waals surface area contributed by atoms with Gasteiger partial charge in [0.05, 0.1) is 6.54 Å². The Hall–Kier alpha value is -2.82. The zero-order valence-corrected chi connectivity index (χ0v) is 15.4. The molecule has 1 fully saturated rings. The van der Waals surface area contributed by atoms with Crippen LogP contribution >= 0.6 is 0 Å². The fourth-order valence-electron chi connectivity index (χ4n) is 3.11. The number of hydrogen-bond donors (Lipinski definition) is 1. The van der Waals surface area contributed by atoms with Crippen molar-refractivity contribution in [1.82, 2.24) is 10.2 Å². The Bertz CT molecular complexity index is 778. The molecule has 3 rings (SSSR count). The van der Waals surface area contributed by atoms with E-state index in [9.17, 15) is 9.59 Å². The first-order valence-electron chi connectivity index (χ1n) is 8.97. The van der Waals surface area contributed by atoms with Crippen molar-refractivity contribution in [2.45, 2.75) is 13.8 Å². The number of aryl methyl sites for hydroxylation is 2. The second-order valence-electron chi connectivity index (χ2n) is 6.76. The van der Waals surface area contributed by atoms with Gasteiger partial charge in [0.25, 0.3) is 5.91 Å². The van der Waals surface area contributed by atoms with Crippen molar-refractivity contribution in [3.05, 3.63) is 65.2 Å². The highest BCUT2D eigenvalue weighted by molar-refractivity contribution is 5.96. The predicted molar refractivity (Wildman–Crippen MR) is 103 cm³/mol. The highest BCUT2D eigenvalue weighted by Gasteiger charge is 2.21. The monoisotopic (exact) mass is 351 g/mol. The van der Waals surface area contributed by atoms with E-state index in [0.717, 1.165) is 18.7 Å². The maximum absolute atomic E-state index is 12.4. The molecular weight excluding hydrogens is 326 g/mol. The summed E-state index contributed by atoms with van der Waals surface area (Å²) in [6, 6.07) is 15.7. The zero-order chi connectivity index (χ0) is 18.5. The van der Waals surface area contributed by atoms with Crippen molar-refractivity contribution in [3.8, 4) is 0 Å². The molecule has 5 heteroatoms. The van der Waals surface area contributed by atoms with E-state index in [1.807, 2.05) is 24.0 Å². The number of benzene rings is 2. The summed E-state index contributed by atoms with van der Waals surface area (Å²) < 4.78 is 0. The Kier molecular flexibility index (Phi) is 5.56. The molecule has 26 heavy (non-hydrogen) atoms. The number of anilines is 1. The SMILES string of the molecule is Cc1ccc(C(=O)NCC(=O)N2CCN(c3cccc(C)c3)CC2)cc1. The van der Waals surface area contributed by atoms with Crippen molar-refractivity contribution in [1.29, 1.82) is 0 Å². The van der Waals surface area contributed by atoms with Gasteiger partial charge < -0.3 is 15.1 Å². The summed E-state index contributed by atoms with van der Waals surface area (Å²) >= 11 is 0. The van der Waals surface area contributed by atoms with Gasteiger partial charge in [-0.2, -0.15) is 0 Å². The molecule has 0 spiro atoms. The van der Waals surface area contributed by atoms with Crippen LogP contribution in [0, 0.1) is 13.8 Å². The molecule has 0 radical (unpaired) electrons. The standard InChI is InChI=1S/C21H25N3O2/c1-16-6-8-18(9-7-16)21(26)22-15-20(25)24-12-10-23(11-13-24)19-5-3-4-17(2)14-19/h3-9,14H,10-13,15H2,1-2H3,(H,22,26). The van der Waals surface area contributed by atoms with Crippen LogP contribution < -0.4 is 10.2 Å². The lowest BCUT2D eigenvalue weighted by atomic mass is 10.1. The molecule has 2 aromatic carbocycles. The number of rotatable bonds is 4. The van der Waals surface area contributed by atoms with Crippen molar-refractivity contribution in [3.63, 3.8) is 0 Å². The van der Waals surface area contributed by atoms with Crippen LogP contribution in [0.1, 0.15) is 21.5 Å². The van der Waals surface area contributed by atoms with E-state index in [1.165, 1.54) is 11.3 Å². The quantitative estimate of drug-likeness (QED) is 0.920. The fraction of sp³-hybridized carbons (Fsp3) is 0.333. The molecule has 0 aliphatic carbocycles. The van der Waals surface area contributed by atoms with E-state index in [1.54, 1.807) is 12.1 Å². The van der Waals surface area contributed by atoms with Gasteiger partial charge in [-0.3, -0.25) is 9.59 Å². The van der Waals surface area contributed by atoms with Crippen LogP contribution in [0.4, 0.5) is 5.69 Å². The Morgan fingerprint density at radius 2 is 1.62 bits per heavy atom. The fourth-order valence-corrected chi connectivity index (χ4v) is 3.11. The smallest absolute Gasteiger partial charge is 0.251 e. The van der Waals surface area contributed by atoms with E-state index in [-0.39, 0.29) is 18.4 Å². The lowest BCUT2D eigenvalue weighted by molar-refractivity contribution is -0.130. The van der Waals surface area contributed by atoms with Crippen molar-refractivity contribution in [2.24, 2.45) is 0 Å². The van der Waals surface area contributed by atoms with Gasteiger partial charge in [0.2, 0.25) is 5.91 Å². The van der Waals surface area contributed by atoms with Gasteiger partial charge in [-0.1, -0.05) is 29.8 Å². The second kappa shape index (κ2) is 8.04. The highest BCUT2D eigenvalue weighted by atomic mass is 16.2. The molecular formula is C21H25N3O2. The average Bonchev–Trinajstić information content (AvgIpc) is 2.66. The van der Waals surface area contributed by atoms with Crippen LogP contribution in [0.2, 0.25) is 0 Å². The van der Waals surface area contributed by atoms with Gasteiger partial charge in [-0.25, -0.2) is 0 Å². The normalized spacial score (nSPS) is 14.2. The third-order valence-electron chi connectivity index (χ3n) is 4.71. The zero-order valence-electron chi connectivity index (χ0n) is 15.4. The molecule has 1 aliphatic heterocycles. The van der Waals surface area contributed by atoms with Gasteiger partial charge in [-0.05, 0) is 43.7 Å². The second-order valence-corrected chi connectivity index (χ2v) is 6.76. The number of hydrogen-bond acceptors (Lipinski definition) is 3. The van der Waals surface area contributed by atoms with Crippen molar-refractivity contribution < 1.29 is 9.59 Å². The third-order valence-corrected chi connectivity index (χ3v) is 4.71. The molecule has 0 atom stereocenters. The van der Waals surface area contributed by atoms with Crippen molar-refractivity contribution >= 4 is 17.5 Å². The van der Waals surface area contributed by atoms with Crippen LogP contribution in [0.3, 0.4) is 0 Å². The number of amides is 2. The number of nitrogens with one attached hydrogen (secondary N) is 1. The van der Waals surface area contributed by atoms with Crippen LogP contribution in [-0.4, -0.2) is 49.4 Å². The van der Waals surface area contributed by atoms with Gasteiger partial charge in [0, 0.05) is 37.4 Å². The summed E-state index contributed by atoms with van der Waals surface area (Å²) in [4.78, 5) is 28.6. The molecule has 0 bridgehead atoms. The van der Waals surface area contributed by atoms with E-state index in [0.29, 0.717) is 18.7 Å². The van der Waals surface area contributed by atoms with Crippen LogP contribution in [0.25, 0.3) is 0 Å². The summed E-state index contributed by atoms with van der Waals surface area (Å²) in [7, 11) is 0. The minimum absolute atomic E-state index is 0.0330. The predicted octanol–water partition coefficient (Wildman–Crippen LogP) is 2.38. The molecule has 0 saturated carbocycles. The van der Waals surface area contributed by atoms with Crippen LogP contribution in [-0.2, 0) is 4.79 Å². The molecule has 2 aromatic rings. The summed E-state index contributed by atoms with van der Waals surface area (Å²) in [5.41, 5.74) is 4.11. The maximum atomic E-state index is 12.4. The average molecular weight is 351 g/mol. The Morgan fingerprint density at radius 1 is 0.923 bits per heavy atom. The largest absolute Gasteiger partial charge is 0.368 e. The molecule has 1 saturated heterocycles. The molecule has 1 heterocycles.